The summed E-state index contributed by atoms with van der Waals surface area (Å²) in [5.74, 6) is 0. The first-order valence-corrected chi connectivity index (χ1v) is 6.96. The highest BCUT2D eigenvalue weighted by Crippen LogP contribution is 2.39. The molecule has 0 aromatic heterocycles. The number of nitrogen functional groups attached to an aromatic ring is 4. The van der Waals surface area contributed by atoms with Crippen LogP contribution in [0.4, 0.5) is 22.7 Å². The maximum atomic E-state index is 6.14. The molecule has 3 aromatic rings. The van der Waals surface area contributed by atoms with Gasteiger partial charge in [-0.05, 0) is 24.3 Å². The molecule has 0 heterocycles. The molecule has 22 heavy (non-hydrogen) atoms. The number of rotatable bonds is 2. The second-order valence-electron chi connectivity index (χ2n) is 5.20. The van der Waals surface area contributed by atoms with Crippen molar-refractivity contribution in [2.24, 2.45) is 0 Å². The molecule has 8 N–H and O–H groups in total. The lowest BCUT2D eigenvalue weighted by atomic mass is 9.94. The average Bonchev–Trinajstić information content (AvgIpc) is 2.50. The van der Waals surface area contributed by atoms with Crippen LogP contribution in [-0.4, -0.2) is 0 Å². The summed E-state index contributed by atoms with van der Waals surface area (Å²) in [6.45, 7) is 0. The monoisotopic (exact) mass is 290 g/mol. The predicted molar refractivity (Wildman–Crippen MR) is 95.0 cm³/mol. The Labute approximate surface area is 129 Å². The van der Waals surface area contributed by atoms with Gasteiger partial charge in [-0.15, -0.1) is 0 Å². The van der Waals surface area contributed by atoms with Crippen LogP contribution in [0, 0.1) is 0 Å². The molecule has 0 saturated heterocycles. The van der Waals surface area contributed by atoms with Gasteiger partial charge in [-0.3, -0.25) is 0 Å². The first-order valence-electron chi connectivity index (χ1n) is 6.96. The highest BCUT2D eigenvalue weighted by molar-refractivity contribution is 5.94. The molecule has 3 aromatic carbocycles. The van der Waals surface area contributed by atoms with Crippen molar-refractivity contribution in [1.82, 2.24) is 0 Å². The fourth-order valence-corrected chi connectivity index (χ4v) is 2.59. The van der Waals surface area contributed by atoms with Crippen molar-refractivity contribution in [2.45, 2.75) is 0 Å². The summed E-state index contributed by atoms with van der Waals surface area (Å²) in [6, 6.07) is 18.9. The topological polar surface area (TPSA) is 104 Å². The van der Waals surface area contributed by atoms with Crippen LogP contribution in [0.3, 0.4) is 0 Å². The Balaban J connectivity index is 2.25. The summed E-state index contributed by atoms with van der Waals surface area (Å²) < 4.78 is 0. The van der Waals surface area contributed by atoms with E-state index in [4.69, 9.17) is 22.9 Å². The van der Waals surface area contributed by atoms with Gasteiger partial charge >= 0.3 is 0 Å². The maximum absolute atomic E-state index is 6.14. The highest BCUT2D eigenvalue weighted by atomic mass is 14.6. The number of benzene rings is 3. The predicted octanol–water partition coefficient (Wildman–Crippen LogP) is 3.35. The van der Waals surface area contributed by atoms with E-state index in [9.17, 15) is 0 Å². The lowest BCUT2D eigenvalue weighted by Gasteiger charge is -2.15. The number of para-hydroxylation sites is 2. The van der Waals surface area contributed by atoms with E-state index in [1.807, 2.05) is 54.6 Å². The molecule has 0 fully saturated rings. The van der Waals surface area contributed by atoms with Crippen molar-refractivity contribution in [3.05, 3.63) is 60.7 Å². The summed E-state index contributed by atoms with van der Waals surface area (Å²) in [5, 5.41) is 0. The van der Waals surface area contributed by atoms with E-state index in [1.165, 1.54) is 0 Å². The van der Waals surface area contributed by atoms with Crippen molar-refractivity contribution in [2.75, 3.05) is 22.9 Å². The van der Waals surface area contributed by atoms with Gasteiger partial charge in [0.05, 0.1) is 0 Å². The third-order valence-corrected chi connectivity index (χ3v) is 3.72. The second kappa shape index (κ2) is 5.33. The zero-order chi connectivity index (χ0) is 15.7. The zero-order valence-corrected chi connectivity index (χ0v) is 12.1. The van der Waals surface area contributed by atoms with E-state index in [0.717, 1.165) is 22.3 Å². The van der Waals surface area contributed by atoms with E-state index >= 15 is 0 Å². The van der Waals surface area contributed by atoms with Crippen molar-refractivity contribution >= 4 is 22.7 Å². The third kappa shape index (κ3) is 2.31. The maximum Gasteiger partial charge on any atom is 0.0415 e. The van der Waals surface area contributed by atoms with E-state index in [1.54, 1.807) is 6.07 Å². The first kappa shape index (κ1) is 13.8. The highest BCUT2D eigenvalue weighted by Gasteiger charge is 2.12. The average molecular weight is 290 g/mol. The van der Waals surface area contributed by atoms with E-state index < -0.39 is 0 Å². The Hall–Kier alpha value is -3.14. The van der Waals surface area contributed by atoms with Crippen LogP contribution in [0.25, 0.3) is 22.3 Å². The number of nitrogens with two attached hydrogens (primary N) is 4. The Bertz CT molecular complexity index is 773. The van der Waals surface area contributed by atoms with Crippen molar-refractivity contribution in [3.8, 4) is 22.3 Å². The molecule has 0 saturated carbocycles. The van der Waals surface area contributed by atoms with Crippen LogP contribution in [-0.2, 0) is 0 Å². The number of hydrogen-bond donors (Lipinski definition) is 4. The van der Waals surface area contributed by atoms with Crippen LogP contribution in [0.5, 0.6) is 0 Å². The van der Waals surface area contributed by atoms with Gasteiger partial charge in [-0.2, -0.15) is 0 Å². The van der Waals surface area contributed by atoms with Crippen molar-refractivity contribution < 1.29 is 0 Å². The molecule has 0 spiro atoms. The van der Waals surface area contributed by atoms with Crippen molar-refractivity contribution in [1.29, 1.82) is 0 Å². The Kier molecular flexibility index (Phi) is 3.35. The molecule has 0 radical (unpaired) electrons. The Morgan fingerprint density at radius 1 is 0.409 bits per heavy atom. The molecule has 0 unspecified atom stereocenters. The minimum atomic E-state index is 0.591. The molecule has 0 aliphatic rings. The number of hydrogen-bond acceptors (Lipinski definition) is 4. The summed E-state index contributed by atoms with van der Waals surface area (Å²) in [4.78, 5) is 0. The van der Waals surface area contributed by atoms with E-state index in [-0.39, 0.29) is 0 Å². The molecular weight excluding hydrogens is 272 g/mol. The molecule has 3 rings (SSSR count). The van der Waals surface area contributed by atoms with Gasteiger partial charge in [0.15, 0.2) is 0 Å². The Morgan fingerprint density at radius 3 is 1.23 bits per heavy atom. The molecule has 110 valence electrons. The molecule has 4 nitrogen and oxygen atoms in total. The summed E-state index contributed by atoms with van der Waals surface area (Å²) in [5.41, 5.74) is 30.4. The van der Waals surface area contributed by atoms with Gasteiger partial charge in [-0.25, -0.2) is 0 Å². The Morgan fingerprint density at radius 2 is 0.818 bits per heavy atom. The van der Waals surface area contributed by atoms with Gasteiger partial charge in [0.2, 0.25) is 0 Å². The SMILES string of the molecule is Nc1ccccc1-c1cc(-c2ccccc2N)c(N)cc1N. The minimum Gasteiger partial charge on any atom is -0.398 e. The summed E-state index contributed by atoms with van der Waals surface area (Å²) in [6.07, 6.45) is 0. The van der Waals surface area contributed by atoms with Gasteiger partial charge in [0.25, 0.3) is 0 Å². The first-order chi connectivity index (χ1) is 10.6. The lowest BCUT2D eigenvalue weighted by Crippen LogP contribution is -2.00. The van der Waals surface area contributed by atoms with Gasteiger partial charge < -0.3 is 22.9 Å². The van der Waals surface area contributed by atoms with Crippen molar-refractivity contribution in [3.63, 3.8) is 0 Å². The fraction of sp³-hybridized carbons (Fsp3) is 0. The van der Waals surface area contributed by atoms with Crippen LogP contribution in [0.1, 0.15) is 0 Å². The van der Waals surface area contributed by atoms with Gasteiger partial charge in [0.1, 0.15) is 0 Å². The van der Waals surface area contributed by atoms with Crippen LogP contribution < -0.4 is 22.9 Å². The fourth-order valence-electron chi connectivity index (χ4n) is 2.59. The third-order valence-electron chi connectivity index (χ3n) is 3.72. The lowest BCUT2D eigenvalue weighted by molar-refractivity contribution is 1.57. The largest absolute Gasteiger partial charge is 0.398 e. The quantitative estimate of drug-likeness (QED) is 0.543. The molecule has 0 bridgehead atoms. The zero-order valence-electron chi connectivity index (χ0n) is 12.1. The molecule has 0 aliphatic heterocycles. The number of anilines is 4. The molecule has 0 atom stereocenters. The second-order valence-corrected chi connectivity index (χ2v) is 5.20. The minimum absolute atomic E-state index is 0.591. The molecular formula is C18H18N4. The van der Waals surface area contributed by atoms with Gasteiger partial charge in [-0.1, -0.05) is 36.4 Å². The van der Waals surface area contributed by atoms with Gasteiger partial charge in [0, 0.05) is 45.0 Å². The van der Waals surface area contributed by atoms with E-state index in [0.29, 0.717) is 22.7 Å². The molecule has 4 heteroatoms. The van der Waals surface area contributed by atoms with Crippen LogP contribution in [0.2, 0.25) is 0 Å². The molecule has 0 amide bonds. The normalized spacial score (nSPS) is 10.5. The van der Waals surface area contributed by atoms with Crippen LogP contribution in [0.15, 0.2) is 60.7 Å². The summed E-state index contributed by atoms with van der Waals surface area (Å²) >= 11 is 0. The van der Waals surface area contributed by atoms with E-state index in [2.05, 4.69) is 0 Å². The summed E-state index contributed by atoms with van der Waals surface area (Å²) in [7, 11) is 0. The molecule has 0 aliphatic carbocycles. The smallest absolute Gasteiger partial charge is 0.0415 e. The van der Waals surface area contributed by atoms with Crippen LogP contribution >= 0.6 is 0 Å². The standard InChI is InChI=1S/C18H18N4/c19-15-7-3-1-5-11(15)13-9-14(18(22)10-17(13)21)12-6-2-4-8-16(12)20/h1-10H,19-22H2.